The van der Waals surface area contributed by atoms with Crippen molar-refractivity contribution in [1.82, 2.24) is 10.2 Å². The molecule has 0 radical (unpaired) electrons. The minimum atomic E-state index is -3.06. The first-order valence-corrected chi connectivity index (χ1v) is 11.8. The largest absolute Gasteiger partial charge is 0.493 e. The number of nitrogens with one attached hydrogen (secondary N) is 1. The van der Waals surface area contributed by atoms with Gasteiger partial charge >= 0.3 is 0 Å². The van der Waals surface area contributed by atoms with Gasteiger partial charge in [-0.25, -0.2) is 8.42 Å². The Labute approximate surface area is 193 Å². The maximum atomic E-state index is 12.2. The number of ether oxygens (including phenoxy) is 1. The van der Waals surface area contributed by atoms with E-state index in [0.717, 1.165) is 31.3 Å². The van der Waals surface area contributed by atoms with Crippen molar-refractivity contribution in [2.75, 3.05) is 38.5 Å². The van der Waals surface area contributed by atoms with E-state index in [1.54, 1.807) is 13.8 Å². The first-order chi connectivity index (χ1) is 13.1. The second kappa shape index (κ2) is 11.4. The van der Waals surface area contributed by atoms with Crippen LogP contribution in [0.25, 0.3) is 0 Å². The highest BCUT2D eigenvalue weighted by Gasteiger charge is 2.40. The normalized spacial score (nSPS) is 18.3. The summed E-state index contributed by atoms with van der Waals surface area (Å²) < 4.78 is 29.4. The molecular weight excluding hydrogens is 501 g/mol. The Balaban J connectivity index is 0.00000420. The van der Waals surface area contributed by atoms with Crippen LogP contribution in [0.2, 0.25) is 0 Å². The Morgan fingerprint density at radius 1 is 1.28 bits per heavy atom. The second-order valence-electron chi connectivity index (χ2n) is 8.33. The molecule has 1 N–H and O–H groups in total. The van der Waals surface area contributed by atoms with Crippen LogP contribution in [0, 0.1) is 5.92 Å². The molecule has 0 unspecified atom stereocenters. The maximum Gasteiger partial charge on any atom is 0.194 e. The van der Waals surface area contributed by atoms with Crippen LogP contribution in [0.3, 0.4) is 0 Å². The maximum absolute atomic E-state index is 12.2. The molecule has 1 aliphatic heterocycles. The van der Waals surface area contributed by atoms with Crippen molar-refractivity contribution in [3.05, 3.63) is 29.8 Å². The van der Waals surface area contributed by atoms with Crippen LogP contribution in [-0.2, 0) is 16.3 Å². The van der Waals surface area contributed by atoms with Crippen LogP contribution in [0.1, 0.15) is 40.2 Å². The number of halogens is 1. The quantitative estimate of drug-likeness (QED) is 0.328. The lowest BCUT2D eigenvalue weighted by molar-refractivity contribution is 0.271. The minimum Gasteiger partial charge on any atom is -0.493 e. The van der Waals surface area contributed by atoms with Crippen molar-refractivity contribution in [3.63, 3.8) is 0 Å². The molecule has 1 aliphatic rings. The highest BCUT2D eigenvalue weighted by molar-refractivity contribution is 14.0. The molecule has 0 saturated carbocycles. The SMILES string of the molecule is CCNC(=NCCc1ccc(OCC(C)C)cc1)N1CCS(=O)(=O)C(C)(C)C1.I. The number of aliphatic imine (C=N–C) groups is 1. The summed E-state index contributed by atoms with van der Waals surface area (Å²) in [6, 6.07) is 8.17. The molecule has 8 heteroatoms. The van der Waals surface area contributed by atoms with E-state index in [0.29, 0.717) is 25.6 Å². The lowest BCUT2D eigenvalue weighted by atomic mass is 10.1. The predicted molar refractivity (Wildman–Crippen MR) is 131 cm³/mol. The van der Waals surface area contributed by atoms with Crippen LogP contribution in [-0.4, -0.2) is 62.6 Å². The summed E-state index contributed by atoms with van der Waals surface area (Å²) in [7, 11) is -3.06. The van der Waals surface area contributed by atoms with Crippen molar-refractivity contribution in [1.29, 1.82) is 0 Å². The van der Waals surface area contributed by atoms with Crippen molar-refractivity contribution < 1.29 is 13.2 Å². The Morgan fingerprint density at radius 3 is 2.48 bits per heavy atom. The lowest BCUT2D eigenvalue weighted by Gasteiger charge is -2.39. The van der Waals surface area contributed by atoms with E-state index < -0.39 is 14.6 Å². The molecule has 0 aliphatic carbocycles. The monoisotopic (exact) mass is 537 g/mol. The van der Waals surface area contributed by atoms with Crippen LogP contribution < -0.4 is 10.1 Å². The molecule has 1 aromatic carbocycles. The third-order valence-corrected chi connectivity index (χ3v) is 7.38. The molecule has 0 spiro atoms. The highest BCUT2D eigenvalue weighted by Crippen LogP contribution is 2.23. The standard InChI is InChI=1S/C21H35N3O3S.HI/c1-6-22-20(24-13-14-28(25,26)21(4,5)16-24)23-12-11-18-7-9-19(10-8-18)27-15-17(2)3;/h7-10,17H,6,11-16H2,1-5H3,(H,22,23);1H. The molecule has 1 saturated heterocycles. The average Bonchev–Trinajstić information content (AvgIpc) is 2.62. The molecule has 2 rings (SSSR count). The van der Waals surface area contributed by atoms with Gasteiger partial charge in [-0.15, -0.1) is 24.0 Å². The third kappa shape index (κ3) is 7.62. The number of benzene rings is 1. The fourth-order valence-electron chi connectivity index (χ4n) is 3.06. The van der Waals surface area contributed by atoms with Crippen molar-refractivity contribution >= 4 is 39.8 Å². The van der Waals surface area contributed by atoms with Gasteiger partial charge in [-0.05, 0) is 50.8 Å². The Morgan fingerprint density at radius 2 is 1.93 bits per heavy atom. The van der Waals surface area contributed by atoms with Gasteiger partial charge in [0.15, 0.2) is 15.8 Å². The van der Waals surface area contributed by atoms with E-state index in [4.69, 9.17) is 9.73 Å². The van der Waals surface area contributed by atoms with Crippen molar-refractivity contribution in [2.45, 2.75) is 45.8 Å². The van der Waals surface area contributed by atoms with Gasteiger partial charge in [-0.1, -0.05) is 26.0 Å². The predicted octanol–water partition coefficient (Wildman–Crippen LogP) is 3.36. The molecular formula is C21H36IN3O3S. The highest BCUT2D eigenvalue weighted by atomic mass is 127. The lowest BCUT2D eigenvalue weighted by Crippen LogP contribution is -2.57. The summed E-state index contributed by atoms with van der Waals surface area (Å²) in [6.45, 7) is 12.9. The zero-order chi connectivity index (χ0) is 20.8. The van der Waals surface area contributed by atoms with Gasteiger partial charge in [-0.3, -0.25) is 4.99 Å². The average molecular weight is 538 g/mol. The Kier molecular flexibility index (Phi) is 10.2. The molecule has 0 amide bonds. The number of nitrogens with zero attached hydrogens (tertiary/aromatic N) is 2. The molecule has 1 aromatic rings. The number of rotatable bonds is 7. The first kappa shape index (κ1) is 26.0. The topological polar surface area (TPSA) is 71.0 Å². The van der Waals surface area contributed by atoms with Gasteiger partial charge in [0.2, 0.25) is 0 Å². The van der Waals surface area contributed by atoms with Gasteiger partial charge in [0.25, 0.3) is 0 Å². The van der Waals surface area contributed by atoms with Gasteiger partial charge in [0.1, 0.15) is 5.75 Å². The van der Waals surface area contributed by atoms with Crippen molar-refractivity contribution in [2.24, 2.45) is 10.9 Å². The summed E-state index contributed by atoms with van der Waals surface area (Å²) in [5.74, 6) is 2.36. The second-order valence-corrected chi connectivity index (χ2v) is 11.1. The van der Waals surface area contributed by atoms with Crippen LogP contribution in [0.15, 0.2) is 29.3 Å². The molecule has 0 aromatic heterocycles. The van der Waals surface area contributed by atoms with E-state index in [9.17, 15) is 8.42 Å². The molecule has 29 heavy (non-hydrogen) atoms. The van der Waals surface area contributed by atoms with Gasteiger partial charge in [-0.2, -0.15) is 0 Å². The number of sulfone groups is 1. The fraction of sp³-hybridized carbons (Fsp3) is 0.667. The van der Waals surface area contributed by atoms with E-state index in [-0.39, 0.29) is 29.7 Å². The zero-order valence-electron chi connectivity index (χ0n) is 18.3. The summed E-state index contributed by atoms with van der Waals surface area (Å²) in [5.41, 5.74) is 1.21. The Hall–Kier alpha value is -1.03. The van der Waals surface area contributed by atoms with Crippen LogP contribution in [0.5, 0.6) is 5.75 Å². The van der Waals surface area contributed by atoms with E-state index in [1.807, 2.05) is 19.1 Å². The first-order valence-electron chi connectivity index (χ1n) is 10.1. The van der Waals surface area contributed by atoms with E-state index >= 15 is 0 Å². The Bertz CT molecular complexity index is 762. The summed E-state index contributed by atoms with van der Waals surface area (Å²) in [6.07, 6.45) is 0.828. The van der Waals surface area contributed by atoms with E-state index in [1.165, 1.54) is 5.56 Å². The van der Waals surface area contributed by atoms with E-state index in [2.05, 4.69) is 36.2 Å². The smallest absolute Gasteiger partial charge is 0.194 e. The minimum absolute atomic E-state index is 0. The molecule has 1 heterocycles. The van der Waals surface area contributed by atoms with Crippen molar-refractivity contribution in [3.8, 4) is 5.75 Å². The fourth-order valence-corrected chi connectivity index (χ4v) is 4.42. The van der Waals surface area contributed by atoms with Gasteiger partial charge in [0.05, 0.1) is 17.1 Å². The molecule has 0 atom stereocenters. The number of hydrogen-bond donors (Lipinski definition) is 1. The van der Waals surface area contributed by atoms with Crippen LogP contribution in [0.4, 0.5) is 0 Å². The molecule has 6 nitrogen and oxygen atoms in total. The third-order valence-electron chi connectivity index (χ3n) is 4.85. The summed E-state index contributed by atoms with van der Waals surface area (Å²) in [4.78, 5) is 6.80. The molecule has 1 fully saturated rings. The zero-order valence-corrected chi connectivity index (χ0v) is 21.4. The number of guanidine groups is 1. The molecule has 0 bridgehead atoms. The van der Waals surface area contributed by atoms with Crippen LogP contribution >= 0.6 is 24.0 Å². The number of hydrogen-bond acceptors (Lipinski definition) is 4. The molecule has 166 valence electrons. The summed E-state index contributed by atoms with van der Waals surface area (Å²) in [5, 5.41) is 3.30. The van der Waals surface area contributed by atoms with Gasteiger partial charge in [0, 0.05) is 26.2 Å². The van der Waals surface area contributed by atoms with Gasteiger partial charge < -0.3 is 15.0 Å². The summed E-state index contributed by atoms with van der Waals surface area (Å²) >= 11 is 0.